The number of carbonyl (C=O) groups excluding carboxylic acids is 1. The summed E-state index contributed by atoms with van der Waals surface area (Å²) >= 11 is 0. The molecule has 0 spiro atoms. The Bertz CT molecular complexity index is 552. The maximum atomic E-state index is 11.9. The van der Waals surface area contributed by atoms with Crippen molar-refractivity contribution in [1.82, 2.24) is 5.32 Å². The molecule has 0 radical (unpaired) electrons. The van der Waals surface area contributed by atoms with E-state index in [1.807, 2.05) is 6.08 Å². The Morgan fingerprint density at radius 3 is 2.75 bits per heavy atom. The number of benzene rings is 1. The van der Waals surface area contributed by atoms with Gasteiger partial charge in [-0.3, -0.25) is 0 Å². The number of hydrogen-bond donors (Lipinski definition) is 3. The third kappa shape index (κ3) is 3.38. The summed E-state index contributed by atoms with van der Waals surface area (Å²) in [5.74, 6) is -1.04. The monoisotopic (exact) mass is 274 g/mol. The van der Waals surface area contributed by atoms with E-state index in [1.54, 1.807) is 25.1 Å². The predicted molar refractivity (Wildman–Crippen MR) is 77.1 cm³/mol. The van der Waals surface area contributed by atoms with Crippen LogP contribution in [0.15, 0.2) is 30.4 Å². The van der Waals surface area contributed by atoms with Crippen molar-refractivity contribution >= 4 is 17.7 Å². The second-order valence-electron chi connectivity index (χ2n) is 4.88. The molecule has 0 saturated carbocycles. The Morgan fingerprint density at radius 1 is 1.30 bits per heavy atom. The lowest BCUT2D eigenvalue weighted by Gasteiger charge is -2.20. The van der Waals surface area contributed by atoms with Gasteiger partial charge in [0.25, 0.3) is 0 Å². The number of aryl methyl sites for hydroxylation is 1. The molecule has 106 valence electrons. The zero-order valence-corrected chi connectivity index (χ0v) is 11.3. The van der Waals surface area contributed by atoms with Crippen LogP contribution in [0.25, 0.3) is 0 Å². The molecule has 0 aliphatic heterocycles. The van der Waals surface area contributed by atoms with E-state index in [1.165, 1.54) is 0 Å². The molecule has 2 amide bonds. The highest BCUT2D eigenvalue weighted by atomic mass is 16.4. The average molecular weight is 274 g/mol. The van der Waals surface area contributed by atoms with Gasteiger partial charge in [-0.2, -0.15) is 0 Å². The molecule has 0 fully saturated rings. The first-order valence-electron chi connectivity index (χ1n) is 6.63. The van der Waals surface area contributed by atoms with Crippen LogP contribution in [0.4, 0.5) is 10.5 Å². The first-order valence-corrected chi connectivity index (χ1v) is 6.63. The Balaban J connectivity index is 2.06. The van der Waals surface area contributed by atoms with Gasteiger partial charge in [-0.15, -0.1) is 0 Å². The fourth-order valence-electron chi connectivity index (χ4n) is 2.32. The maximum Gasteiger partial charge on any atom is 0.338 e. The molecule has 0 saturated heterocycles. The molecule has 1 unspecified atom stereocenters. The molecule has 0 bridgehead atoms. The highest BCUT2D eigenvalue weighted by molar-refractivity contribution is 6.01. The summed E-state index contributed by atoms with van der Waals surface area (Å²) in [5, 5.41) is 14.7. The quantitative estimate of drug-likeness (QED) is 0.741. The number of nitrogens with one attached hydrogen (secondary N) is 2. The van der Waals surface area contributed by atoms with Crippen molar-refractivity contribution < 1.29 is 14.7 Å². The Hall–Kier alpha value is -2.30. The number of hydrogen-bond acceptors (Lipinski definition) is 2. The minimum absolute atomic E-state index is 0.109. The first-order chi connectivity index (χ1) is 9.58. The molecular weight excluding hydrogens is 256 g/mol. The lowest BCUT2D eigenvalue weighted by Crippen LogP contribution is -2.38. The number of anilines is 1. The molecule has 0 heterocycles. The minimum atomic E-state index is -1.04. The summed E-state index contributed by atoms with van der Waals surface area (Å²) in [7, 11) is 0. The largest absolute Gasteiger partial charge is 0.478 e. The van der Waals surface area contributed by atoms with Crippen molar-refractivity contribution in [2.75, 3.05) is 5.32 Å². The number of aromatic carboxylic acids is 1. The van der Waals surface area contributed by atoms with Crippen molar-refractivity contribution in [2.24, 2.45) is 0 Å². The van der Waals surface area contributed by atoms with Gasteiger partial charge in [0.15, 0.2) is 0 Å². The number of urea groups is 1. The van der Waals surface area contributed by atoms with Gasteiger partial charge in [0.2, 0.25) is 0 Å². The molecule has 1 aromatic rings. The number of carbonyl (C=O) groups is 2. The topological polar surface area (TPSA) is 78.4 Å². The molecule has 5 nitrogen and oxygen atoms in total. The molecule has 20 heavy (non-hydrogen) atoms. The summed E-state index contributed by atoms with van der Waals surface area (Å²) in [6, 6.07) is 4.77. The second kappa shape index (κ2) is 6.23. The highest BCUT2D eigenvalue weighted by Crippen LogP contribution is 2.19. The van der Waals surface area contributed by atoms with Gasteiger partial charge in [0.1, 0.15) is 0 Å². The zero-order valence-electron chi connectivity index (χ0n) is 11.3. The van der Waals surface area contributed by atoms with Crippen LogP contribution in [0.1, 0.15) is 35.2 Å². The van der Waals surface area contributed by atoms with E-state index >= 15 is 0 Å². The second-order valence-corrected chi connectivity index (χ2v) is 4.88. The third-order valence-corrected chi connectivity index (χ3v) is 3.34. The van der Waals surface area contributed by atoms with Crippen LogP contribution < -0.4 is 10.6 Å². The van der Waals surface area contributed by atoms with Crippen LogP contribution in [-0.4, -0.2) is 23.1 Å². The van der Waals surface area contributed by atoms with E-state index in [0.717, 1.165) is 19.3 Å². The molecule has 1 aliphatic rings. The summed E-state index contributed by atoms with van der Waals surface area (Å²) < 4.78 is 0. The van der Waals surface area contributed by atoms with E-state index in [0.29, 0.717) is 11.3 Å². The summed E-state index contributed by atoms with van der Waals surface area (Å²) in [4.78, 5) is 23.2. The molecule has 0 aromatic heterocycles. The fourth-order valence-corrected chi connectivity index (χ4v) is 2.32. The molecule has 1 atom stereocenters. The van der Waals surface area contributed by atoms with Crippen LogP contribution in [0.2, 0.25) is 0 Å². The Morgan fingerprint density at radius 2 is 2.10 bits per heavy atom. The van der Waals surface area contributed by atoms with Gasteiger partial charge in [-0.25, -0.2) is 9.59 Å². The van der Waals surface area contributed by atoms with Gasteiger partial charge in [-0.1, -0.05) is 24.3 Å². The normalized spacial score (nSPS) is 17.6. The van der Waals surface area contributed by atoms with E-state index in [9.17, 15) is 14.7 Å². The molecule has 2 rings (SSSR count). The van der Waals surface area contributed by atoms with Crippen molar-refractivity contribution in [3.8, 4) is 0 Å². The van der Waals surface area contributed by atoms with Gasteiger partial charge in [0, 0.05) is 6.04 Å². The van der Waals surface area contributed by atoms with Crippen LogP contribution in [0, 0.1) is 6.92 Å². The predicted octanol–water partition coefficient (Wildman–Crippen LogP) is 2.92. The molecule has 1 aromatic carbocycles. The van der Waals surface area contributed by atoms with E-state index in [-0.39, 0.29) is 17.6 Å². The summed E-state index contributed by atoms with van der Waals surface area (Å²) in [6.07, 6.45) is 6.81. The maximum absolute atomic E-state index is 11.9. The number of carboxylic acid groups (broad SMARTS) is 1. The Kier molecular flexibility index (Phi) is 4.40. The smallest absolute Gasteiger partial charge is 0.338 e. The van der Waals surface area contributed by atoms with Crippen molar-refractivity contribution in [3.05, 3.63) is 41.5 Å². The standard InChI is InChI=1S/C15H18N2O3/c1-10-6-5-9-12(13(10)14(18)19)17-15(20)16-11-7-3-2-4-8-11/h2-3,5-6,9,11H,4,7-8H2,1H3,(H,18,19)(H2,16,17,20). The van der Waals surface area contributed by atoms with Crippen LogP contribution >= 0.6 is 0 Å². The fraction of sp³-hybridized carbons (Fsp3) is 0.333. The van der Waals surface area contributed by atoms with Gasteiger partial charge in [-0.05, 0) is 37.8 Å². The zero-order chi connectivity index (χ0) is 14.5. The first kappa shape index (κ1) is 14.1. The highest BCUT2D eigenvalue weighted by Gasteiger charge is 2.17. The molecule has 5 heteroatoms. The van der Waals surface area contributed by atoms with E-state index in [4.69, 9.17) is 0 Å². The van der Waals surface area contributed by atoms with Gasteiger partial charge < -0.3 is 15.7 Å². The Labute approximate surface area is 117 Å². The van der Waals surface area contributed by atoms with E-state index in [2.05, 4.69) is 16.7 Å². The third-order valence-electron chi connectivity index (χ3n) is 3.34. The van der Waals surface area contributed by atoms with Crippen molar-refractivity contribution in [3.63, 3.8) is 0 Å². The molecule has 1 aliphatic carbocycles. The summed E-state index contributed by atoms with van der Waals surface area (Å²) in [6.45, 7) is 1.71. The number of rotatable bonds is 3. The van der Waals surface area contributed by atoms with Crippen molar-refractivity contribution in [2.45, 2.75) is 32.2 Å². The van der Waals surface area contributed by atoms with Crippen LogP contribution in [0.5, 0.6) is 0 Å². The number of amides is 2. The van der Waals surface area contributed by atoms with Gasteiger partial charge >= 0.3 is 12.0 Å². The van der Waals surface area contributed by atoms with Crippen LogP contribution in [-0.2, 0) is 0 Å². The van der Waals surface area contributed by atoms with E-state index < -0.39 is 5.97 Å². The summed E-state index contributed by atoms with van der Waals surface area (Å²) in [5.41, 5.74) is 1.07. The minimum Gasteiger partial charge on any atom is -0.478 e. The SMILES string of the molecule is Cc1cccc(NC(=O)NC2CC=CCC2)c1C(=O)O. The average Bonchev–Trinajstić information content (AvgIpc) is 2.39. The molecular formula is C15H18N2O3. The van der Waals surface area contributed by atoms with Crippen LogP contribution in [0.3, 0.4) is 0 Å². The van der Waals surface area contributed by atoms with Gasteiger partial charge in [0.05, 0.1) is 11.3 Å². The number of allylic oxidation sites excluding steroid dienone is 1. The number of carboxylic acids is 1. The lowest BCUT2D eigenvalue weighted by atomic mass is 10.0. The lowest BCUT2D eigenvalue weighted by molar-refractivity contribution is 0.0697. The molecule has 3 N–H and O–H groups in total. The van der Waals surface area contributed by atoms with Crippen molar-refractivity contribution in [1.29, 1.82) is 0 Å².